The molecule has 116 valence electrons. The summed E-state index contributed by atoms with van der Waals surface area (Å²) in [5.41, 5.74) is 0.434. The van der Waals surface area contributed by atoms with Crippen LogP contribution in [0.15, 0.2) is 0 Å². The lowest BCUT2D eigenvalue weighted by Gasteiger charge is -2.07. The first-order valence-corrected chi connectivity index (χ1v) is 6.45. The number of hydrogen-bond acceptors (Lipinski definition) is 7. The molecule has 0 spiro atoms. The molecule has 0 fully saturated rings. The fraction of sp³-hybridized carbons (Fsp3) is 0.538. The predicted octanol–water partition coefficient (Wildman–Crippen LogP) is 1.09. The highest BCUT2D eigenvalue weighted by Crippen LogP contribution is 2.17. The van der Waals surface area contributed by atoms with Gasteiger partial charge in [0.2, 0.25) is 0 Å². The van der Waals surface area contributed by atoms with Gasteiger partial charge >= 0.3 is 18.0 Å². The average Bonchev–Trinajstić information content (AvgIpc) is 2.75. The molecule has 0 atom stereocenters. The summed E-state index contributed by atoms with van der Waals surface area (Å²) >= 11 is 0. The van der Waals surface area contributed by atoms with E-state index in [4.69, 9.17) is 9.47 Å². The van der Waals surface area contributed by atoms with Crippen molar-refractivity contribution in [2.75, 3.05) is 20.3 Å². The lowest BCUT2D eigenvalue weighted by atomic mass is 10.1. The Balaban J connectivity index is 3.27. The van der Waals surface area contributed by atoms with Gasteiger partial charge in [-0.05, 0) is 20.8 Å². The van der Waals surface area contributed by atoms with E-state index in [0.29, 0.717) is 0 Å². The monoisotopic (exact) mass is 298 g/mol. The molecule has 0 aliphatic heterocycles. The minimum absolute atomic E-state index is 0.0682. The maximum absolute atomic E-state index is 11.9. The van der Waals surface area contributed by atoms with E-state index in [1.807, 2.05) is 0 Å². The van der Waals surface area contributed by atoms with E-state index >= 15 is 0 Å². The number of carbonyl (C=O) groups is 3. The number of aromatic nitrogens is 2. The van der Waals surface area contributed by atoms with Crippen molar-refractivity contribution in [1.82, 2.24) is 9.78 Å². The van der Waals surface area contributed by atoms with Crippen molar-refractivity contribution in [3.63, 3.8) is 0 Å². The molecule has 0 radical (unpaired) electrons. The molecule has 0 bridgehead atoms. The van der Waals surface area contributed by atoms with E-state index in [0.717, 1.165) is 4.68 Å². The van der Waals surface area contributed by atoms with Crippen LogP contribution < -0.4 is 0 Å². The molecule has 0 aliphatic rings. The number of ether oxygens (including phenoxy) is 3. The van der Waals surface area contributed by atoms with E-state index in [2.05, 4.69) is 9.84 Å². The van der Waals surface area contributed by atoms with Crippen LogP contribution in [0.2, 0.25) is 0 Å². The van der Waals surface area contributed by atoms with Crippen molar-refractivity contribution in [3.05, 3.63) is 17.0 Å². The third-order valence-electron chi connectivity index (χ3n) is 2.60. The summed E-state index contributed by atoms with van der Waals surface area (Å²) in [6.07, 6.45) is -1.05. The molecule has 8 heteroatoms. The molecular weight excluding hydrogens is 280 g/mol. The predicted molar refractivity (Wildman–Crippen MR) is 71.1 cm³/mol. The number of rotatable bonds is 5. The number of hydrogen-bond donors (Lipinski definition) is 0. The topological polar surface area (TPSA) is 96.7 Å². The third-order valence-corrected chi connectivity index (χ3v) is 2.60. The zero-order valence-electron chi connectivity index (χ0n) is 12.5. The van der Waals surface area contributed by atoms with Crippen LogP contribution in [0.1, 0.15) is 35.6 Å². The lowest BCUT2D eigenvalue weighted by molar-refractivity contribution is -0.142. The largest absolute Gasteiger partial charge is 0.466 e. The number of methoxy groups -OCH3 is 1. The van der Waals surface area contributed by atoms with Crippen LogP contribution in [-0.2, 0) is 25.4 Å². The maximum atomic E-state index is 11.9. The van der Waals surface area contributed by atoms with Crippen molar-refractivity contribution < 1.29 is 28.6 Å². The molecule has 0 amide bonds. The molecule has 0 aromatic carbocycles. The Morgan fingerprint density at radius 2 is 1.76 bits per heavy atom. The Labute approximate surface area is 122 Å². The highest BCUT2D eigenvalue weighted by Gasteiger charge is 2.27. The number of carbonyl (C=O) groups excluding carboxylic acids is 3. The third kappa shape index (κ3) is 3.80. The van der Waals surface area contributed by atoms with E-state index in [1.54, 1.807) is 13.8 Å². The van der Waals surface area contributed by atoms with Crippen LogP contribution in [0.4, 0.5) is 4.79 Å². The first kappa shape index (κ1) is 16.7. The normalized spacial score (nSPS) is 10.1. The quantitative estimate of drug-likeness (QED) is 0.593. The Morgan fingerprint density at radius 1 is 1.14 bits per heavy atom. The first-order valence-electron chi connectivity index (χ1n) is 6.45. The smallest absolute Gasteiger partial charge is 0.434 e. The lowest BCUT2D eigenvalue weighted by Crippen LogP contribution is -2.22. The van der Waals surface area contributed by atoms with Crippen molar-refractivity contribution in [2.45, 2.75) is 27.2 Å². The van der Waals surface area contributed by atoms with Gasteiger partial charge in [0.1, 0.15) is 5.56 Å². The maximum Gasteiger partial charge on any atom is 0.434 e. The van der Waals surface area contributed by atoms with E-state index in [-0.39, 0.29) is 36.6 Å². The van der Waals surface area contributed by atoms with Crippen LogP contribution >= 0.6 is 0 Å². The second kappa shape index (κ2) is 7.41. The van der Waals surface area contributed by atoms with Crippen LogP contribution in [0, 0.1) is 6.92 Å². The van der Waals surface area contributed by atoms with E-state index in [9.17, 15) is 14.4 Å². The van der Waals surface area contributed by atoms with Crippen molar-refractivity contribution in [3.8, 4) is 0 Å². The van der Waals surface area contributed by atoms with Gasteiger partial charge in [0.15, 0.2) is 0 Å². The summed E-state index contributed by atoms with van der Waals surface area (Å²) in [7, 11) is 1.21. The fourth-order valence-electron chi connectivity index (χ4n) is 1.79. The zero-order chi connectivity index (χ0) is 16.0. The SMILES string of the molecule is CCOC(=O)Cc1c(C(=O)OC)c(C)nn1C(=O)OCC. The minimum Gasteiger partial charge on any atom is -0.466 e. The molecule has 0 N–H and O–H groups in total. The Morgan fingerprint density at radius 3 is 2.29 bits per heavy atom. The number of aryl methyl sites for hydroxylation is 1. The van der Waals surface area contributed by atoms with Gasteiger partial charge in [-0.15, -0.1) is 0 Å². The molecule has 1 rings (SSSR count). The van der Waals surface area contributed by atoms with Crippen LogP contribution in [0.5, 0.6) is 0 Å². The Bertz CT molecular complexity index is 549. The fourth-order valence-corrected chi connectivity index (χ4v) is 1.79. The highest BCUT2D eigenvalue weighted by molar-refractivity contribution is 5.94. The van der Waals surface area contributed by atoms with Gasteiger partial charge in [0, 0.05) is 0 Å². The first-order chi connectivity index (χ1) is 9.96. The molecule has 1 heterocycles. The molecule has 0 saturated heterocycles. The Hall–Kier alpha value is -2.38. The van der Waals surface area contributed by atoms with E-state index in [1.165, 1.54) is 14.0 Å². The van der Waals surface area contributed by atoms with Crippen molar-refractivity contribution in [1.29, 1.82) is 0 Å². The van der Waals surface area contributed by atoms with Gasteiger partial charge in [-0.1, -0.05) is 0 Å². The summed E-state index contributed by atoms with van der Waals surface area (Å²) in [6.45, 7) is 5.17. The highest BCUT2D eigenvalue weighted by atomic mass is 16.6. The molecule has 8 nitrogen and oxygen atoms in total. The number of esters is 2. The molecule has 21 heavy (non-hydrogen) atoms. The van der Waals surface area contributed by atoms with Crippen LogP contribution in [0.25, 0.3) is 0 Å². The molecule has 0 unspecified atom stereocenters. The standard InChI is InChI=1S/C13H18N2O6/c1-5-20-10(16)7-9-11(12(17)19-4)8(3)14-15(9)13(18)21-6-2/h5-7H2,1-4H3. The minimum atomic E-state index is -0.768. The molecular formula is C13H18N2O6. The van der Waals surface area contributed by atoms with Crippen LogP contribution in [-0.4, -0.2) is 48.1 Å². The summed E-state index contributed by atoms with van der Waals surface area (Å²) in [5, 5.41) is 3.94. The van der Waals surface area contributed by atoms with Gasteiger partial charge < -0.3 is 14.2 Å². The van der Waals surface area contributed by atoms with Gasteiger partial charge in [-0.3, -0.25) is 4.79 Å². The Kier molecular flexibility index (Phi) is 5.89. The second-order valence-electron chi connectivity index (χ2n) is 3.99. The summed E-state index contributed by atoms with van der Waals surface area (Å²) in [6, 6.07) is 0. The summed E-state index contributed by atoms with van der Waals surface area (Å²) in [5.74, 6) is -1.25. The van der Waals surface area contributed by atoms with Gasteiger partial charge in [-0.25, -0.2) is 9.59 Å². The molecule has 1 aromatic heterocycles. The molecule has 1 aromatic rings. The van der Waals surface area contributed by atoms with Crippen molar-refractivity contribution in [2.24, 2.45) is 0 Å². The van der Waals surface area contributed by atoms with E-state index < -0.39 is 18.0 Å². The van der Waals surface area contributed by atoms with Gasteiger partial charge in [-0.2, -0.15) is 9.78 Å². The second-order valence-corrected chi connectivity index (χ2v) is 3.99. The van der Waals surface area contributed by atoms with Crippen LogP contribution in [0.3, 0.4) is 0 Å². The summed E-state index contributed by atoms with van der Waals surface area (Å²) < 4.78 is 15.2. The number of nitrogens with zero attached hydrogens (tertiary/aromatic N) is 2. The van der Waals surface area contributed by atoms with Gasteiger partial charge in [0.05, 0.1) is 38.1 Å². The zero-order valence-corrected chi connectivity index (χ0v) is 12.5. The average molecular weight is 298 g/mol. The summed E-state index contributed by atoms with van der Waals surface area (Å²) in [4.78, 5) is 35.3. The molecule has 0 aliphatic carbocycles. The van der Waals surface area contributed by atoms with Gasteiger partial charge in [0.25, 0.3) is 0 Å². The van der Waals surface area contributed by atoms with Crippen molar-refractivity contribution >= 4 is 18.0 Å². The molecule has 0 saturated carbocycles.